The van der Waals surface area contributed by atoms with Crippen molar-refractivity contribution < 1.29 is 4.74 Å². The zero-order valence-electron chi connectivity index (χ0n) is 10.4. The molecule has 0 aliphatic carbocycles. The smallest absolute Gasteiger partial charge is 0.122 e. The van der Waals surface area contributed by atoms with E-state index in [1.807, 2.05) is 25.2 Å². The van der Waals surface area contributed by atoms with Crippen molar-refractivity contribution in [3.05, 3.63) is 28.8 Å². The fourth-order valence-electron chi connectivity index (χ4n) is 1.92. The molecule has 0 saturated carbocycles. The Morgan fingerprint density at radius 1 is 1.38 bits per heavy atom. The van der Waals surface area contributed by atoms with Crippen LogP contribution in [0.15, 0.2) is 18.2 Å². The second kappa shape index (κ2) is 6.12. The normalized spacial score (nSPS) is 12.9. The number of ether oxygens (including phenoxy) is 1. The summed E-state index contributed by atoms with van der Waals surface area (Å²) >= 11 is 6.05. The molecule has 2 nitrogen and oxygen atoms in total. The Morgan fingerprint density at radius 2 is 2.06 bits per heavy atom. The summed E-state index contributed by atoms with van der Waals surface area (Å²) < 4.78 is 5.39. The standard InChI is InChI=1S/C13H20ClNO/c1-9(2)12(8-15-3)11-7-10(14)5-6-13(11)16-4/h5-7,9,12,15H,8H2,1-4H3. The number of rotatable bonds is 5. The Bertz CT molecular complexity index is 339. The van der Waals surface area contributed by atoms with Crippen molar-refractivity contribution in [1.82, 2.24) is 5.32 Å². The quantitative estimate of drug-likeness (QED) is 0.854. The molecule has 0 aromatic heterocycles. The van der Waals surface area contributed by atoms with Crippen LogP contribution in [-0.4, -0.2) is 20.7 Å². The van der Waals surface area contributed by atoms with E-state index >= 15 is 0 Å². The number of nitrogens with one attached hydrogen (secondary N) is 1. The molecular formula is C13H20ClNO. The molecule has 1 rings (SSSR count). The second-order valence-corrected chi connectivity index (χ2v) is 4.73. The van der Waals surface area contributed by atoms with E-state index < -0.39 is 0 Å². The third-order valence-corrected chi connectivity index (χ3v) is 3.06. The summed E-state index contributed by atoms with van der Waals surface area (Å²) in [6.07, 6.45) is 0. The fourth-order valence-corrected chi connectivity index (χ4v) is 2.10. The SMILES string of the molecule is CNCC(c1cc(Cl)ccc1OC)C(C)C. The summed E-state index contributed by atoms with van der Waals surface area (Å²) in [5.41, 5.74) is 1.18. The topological polar surface area (TPSA) is 21.3 Å². The summed E-state index contributed by atoms with van der Waals surface area (Å²) in [5.74, 6) is 1.87. The molecule has 1 unspecified atom stereocenters. The Balaban J connectivity index is 3.10. The van der Waals surface area contributed by atoms with Crippen LogP contribution in [0.2, 0.25) is 5.02 Å². The molecular weight excluding hydrogens is 222 g/mol. The lowest BCUT2D eigenvalue weighted by molar-refractivity contribution is 0.392. The lowest BCUT2D eigenvalue weighted by Crippen LogP contribution is -2.21. The lowest BCUT2D eigenvalue weighted by Gasteiger charge is -2.23. The van der Waals surface area contributed by atoms with Crippen molar-refractivity contribution in [2.75, 3.05) is 20.7 Å². The van der Waals surface area contributed by atoms with Crippen LogP contribution in [0.4, 0.5) is 0 Å². The van der Waals surface area contributed by atoms with E-state index in [4.69, 9.17) is 16.3 Å². The molecule has 0 amide bonds. The molecule has 0 bridgehead atoms. The first kappa shape index (κ1) is 13.3. The second-order valence-electron chi connectivity index (χ2n) is 4.29. The van der Waals surface area contributed by atoms with Gasteiger partial charge in [0.1, 0.15) is 5.75 Å². The van der Waals surface area contributed by atoms with Gasteiger partial charge in [-0.3, -0.25) is 0 Å². The van der Waals surface area contributed by atoms with Crippen molar-refractivity contribution in [3.8, 4) is 5.75 Å². The van der Waals surface area contributed by atoms with E-state index in [0.717, 1.165) is 17.3 Å². The van der Waals surface area contributed by atoms with Gasteiger partial charge in [0.15, 0.2) is 0 Å². The highest BCUT2D eigenvalue weighted by Gasteiger charge is 2.19. The number of hydrogen-bond donors (Lipinski definition) is 1. The van der Waals surface area contributed by atoms with Crippen LogP contribution in [0, 0.1) is 5.92 Å². The third kappa shape index (κ3) is 3.13. The monoisotopic (exact) mass is 241 g/mol. The first-order chi connectivity index (χ1) is 7.60. The fraction of sp³-hybridized carbons (Fsp3) is 0.538. The van der Waals surface area contributed by atoms with Gasteiger partial charge in [-0.15, -0.1) is 0 Å². The number of benzene rings is 1. The van der Waals surface area contributed by atoms with E-state index in [2.05, 4.69) is 19.2 Å². The third-order valence-electron chi connectivity index (χ3n) is 2.82. The van der Waals surface area contributed by atoms with E-state index in [1.165, 1.54) is 5.56 Å². The van der Waals surface area contributed by atoms with Crippen molar-refractivity contribution in [1.29, 1.82) is 0 Å². The van der Waals surface area contributed by atoms with Crippen LogP contribution >= 0.6 is 11.6 Å². The first-order valence-electron chi connectivity index (χ1n) is 5.58. The molecule has 0 saturated heterocycles. The lowest BCUT2D eigenvalue weighted by atomic mass is 9.88. The molecule has 0 aliphatic rings. The number of methoxy groups -OCH3 is 1. The number of hydrogen-bond acceptors (Lipinski definition) is 2. The van der Waals surface area contributed by atoms with Crippen molar-refractivity contribution in [2.45, 2.75) is 19.8 Å². The number of halogens is 1. The van der Waals surface area contributed by atoms with Gasteiger partial charge in [-0.2, -0.15) is 0 Å². The van der Waals surface area contributed by atoms with Gasteiger partial charge in [0.2, 0.25) is 0 Å². The maximum atomic E-state index is 6.05. The maximum absolute atomic E-state index is 6.05. The van der Waals surface area contributed by atoms with Gasteiger partial charge in [0.05, 0.1) is 7.11 Å². The maximum Gasteiger partial charge on any atom is 0.122 e. The van der Waals surface area contributed by atoms with Gasteiger partial charge < -0.3 is 10.1 Å². The van der Waals surface area contributed by atoms with Crippen molar-refractivity contribution in [2.24, 2.45) is 5.92 Å². The molecule has 1 aromatic rings. The van der Waals surface area contributed by atoms with Gasteiger partial charge in [0, 0.05) is 23.0 Å². The first-order valence-corrected chi connectivity index (χ1v) is 5.96. The van der Waals surface area contributed by atoms with Crippen LogP contribution in [0.3, 0.4) is 0 Å². The molecule has 0 radical (unpaired) electrons. The largest absolute Gasteiger partial charge is 0.496 e. The summed E-state index contributed by atoms with van der Waals surface area (Å²) in [6, 6.07) is 5.80. The van der Waals surface area contributed by atoms with Gasteiger partial charge in [-0.25, -0.2) is 0 Å². The molecule has 0 aliphatic heterocycles. The van der Waals surface area contributed by atoms with Crippen LogP contribution in [0.25, 0.3) is 0 Å². The molecule has 16 heavy (non-hydrogen) atoms. The summed E-state index contributed by atoms with van der Waals surface area (Å²) in [4.78, 5) is 0. The highest BCUT2D eigenvalue weighted by molar-refractivity contribution is 6.30. The van der Waals surface area contributed by atoms with E-state index in [1.54, 1.807) is 7.11 Å². The molecule has 0 fully saturated rings. The molecule has 90 valence electrons. The average molecular weight is 242 g/mol. The Morgan fingerprint density at radius 3 is 2.56 bits per heavy atom. The van der Waals surface area contributed by atoms with Gasteiger partial charge in [-0.1, -0.05) is 25.4 Å². The minimum Gasteiger partial charge on any atom is -0.496 e. The Kier molecular flexibility index (Phi) is 5.10. The average Bonchev–Trinajstić information content (AvgIpc) is 2.25. The Labute approximate surface area is 103 Å². The molecule has 3 heteroatoms. The van der Waals surface area contributed by atoms with Crippen LogP contribution < -0.4 is 10.1 Å². The molecule has 1 atom stereocenters. The predicted octanol–water partition coefficient (Wildman–Crippen LogP) is 3.31. The highest BCUT2D eigenvalue weighted by Crippen LogP contribution is 2.33. The van der Waals surface area contributed by atoms with Crippen LogP contribution in [0.5, 0.6) is 5.75 Å². The Hall–Kier alpha value is -0.730. The molecule has 0 spiro atoms. The van der Waals surface area contributed by atoms with Crippen LogP contribution in [-0.2, 0) is 0 Å². The zero-order chi connectivity index (χ0) is 12.1. The minimum absolute atomic E-state index is 0.415. The number of likely N-dealkylation sites (N-methyl/N-ethyl adjacent to an activating group) is 1. The molecule has 0 heterocycles. The van der Waals surface area contributed by atoms with Gasteiger partial charge in [-0.05, 0) is 31.2 Å². The van der Waals surface area contributed by atoms with Gasteiger partial charge in [0.25, 0.3) is 0 Å². The zero-order valence-corrected chi connectivity index (χ0v) is 11.1. The minimum atomic E-state index is 0.415. The molecule has 1 aromatic carbocycles. The van der Waals surface area contributed by atoms with E-state index in [9.17, 15) is 0 Å². The highest BCUT2D eigenvalue weighted by atomic mass is 35.5. The van der Waals surface area contributed by atoms with Crippen LogP contribution in [0.1, 0.15) is 25.3 Å². The van der Waals surface area contributed by atoms with Crippen molar-refractivity contribution >= 4 is 11.6 Å². The van der Waals surface area contributed by atoms with E-state index in [0.29, 0.717) is 11.8 Å². The molecule has 1 N–H and O–H groups in total. The summed E-state index contributed by atoms with van der Waals surface area (Å²) in [7, 11) is 3.66. The predicted molar refractivity (Wildman–Crippen MR) is 69.5 cm³/mol. The van der Waals surface area contributed by atoms with Gasteiger partial charge >= 0.3 is 0 Å². The van der Waals surface area contributed by atoms with Crippen molar-refractivity contribution in [3.63, 3.8) is 0 Å². The summed E-state index contributed by atoms with van der Waals surface area (Å²) in [6.45, 7) is 5.35. The van der Waals surface area contributed by atoms with E-state index in [-0.39, 0.29) is 0 Å². The summed E-state index contributed by atoms with van der Waals surface area (Å²) in [5, 5.41) is 3.98.